The minimum atomic E-state index is -1.06. The number of hydrogen-bond donors (Lipinski definition) is 2. The molecule has 0 atom stereocenters. The number of nitrogens with one attached hydrogen (secondary N) is 1. The van der Waals surface area contributed by atoms with Gasteiger partial charge < -0.3 is 10.1 Å². The minimum Gasteiger partial charge on any atom is -0.476 e. The normalized spacial score (nSPS) is 14.6. The first-order chi connectivity index (χ1) is 10.5. The monoisotopic (exact) mass is 298 g/mol. The topological polar surface area (TPSA) is 92.9 Å². The minimum absolute atomic E-state index is 0.00152. The summed E-state index contributed by atoms with van der Waals surface area (Å²) in [6, 6.07) is 7.48. The average Bonchev–Trinajstić information content (AvgIpc) is 3.13. The van der Waals surface area contributed by atoms with Crippen molar-refractivity contribution in [3.63, 3.8) is 0 Å². The van der Waals surface area contributed by atoms with E-state index in [1.807, 2.05) is 18.2 Å². The fraction of sp³-hybridized carbons (Fsp3) is 0.267. The lowest BCUT2D eigenvalue weighted by atomic mass is 10.1. The molecule has 0 saturated heterocycles. The number of aromatic nitrogens is 4. The van der Waals surface area contributed by atoms with Crippen LogP contribution in [-0.2, 0) is 7.05 Å². The number of carbonyl (C=O) groups is 1. The first kappa shape index (κ1) is 12.9. The third-order valence-corrected chi connectivity index (χ3v) is 4.02. The van der Waals surface area contributed by atoms with Gasteiger partial charge in [-0.25, -0.2) is 9.59 Å². The summed E-state index contributed by atoms with van der Waals surface area (Å²) in [4.78, 5) is 25.9. The first-order valence-electron chi connectivity index (χ1n) is 7.06. The molecule has 0 spiro atoms. The number of aromatic carboxylic acids is 1. The van der Waals surface area contributed by atoms with Crippen molar-refractivity contribution in [3.05, 3.63) is 40.4 Å². The Morgan fingerprint density at radius 1 is 1.36 bits per heavy atom. The Bertz CT molecular complexity index is 959. The van der Waals surface area contributed by atoms with Gasteiger partial charge in [-0.1, -0.05) is 6.07 Å². The van der Waals surface area contributed by atoms with E-state index in [1.165, 1.54) is 10.7 Å². The van der Waals surface area contributed by atoms with Crippen molar-refractivity contribution in [2.45, 2.75) is 18.9 Å². The number of benzene rings is 1. The standard InChI is InChI=1S/C15H14N4O3/c1-18-13(7-11(17-18)14(20)21)8-2-5-12-10(6-8)16-15(22)19(12)9-3-4-9/h2,5-7,9H,3-4H2,1H3,(H,16,22)(H,20,21). The molecule has 2 heterocycles. The number of imidazole rings is 1. The molecule has 1 fully saturated rings. The Kier molecular flexibility index (Phi) is 2.53. The summed E-state index contributed by atoms with van der Waals surface area (Å²) < 4.78 is 3.33. The van der Waals surface area contributed by atoms with Gasteiger partial charge in [0.15, 0.2) is 5.69 Å². The molecule has 1 aromatic carbocycles. The number of aromatic amines is 1. The molecule has 112 valence electrons. The molecular formula is C15H14N4O3. The van der Waals surface area contributed by atoms with Crippen molar-refractivity contribution >= 4 is 17.0 Å². The van der Waals surface area contributed by atoms with Crippen LogP contribution in [0.15, 0.2) is 29.1 Å². The van der Waals surface area contributed by atoms with Crippen LogP contribution in [0.3, 0.4) is 0 Å². The van der Waals surface area contributed by atoms with Crippen molar-refractivity contribution in [3.8, 4) is 11.3 Å². The highest BCUT2D eigenvalue weighted by atomic mass is 16.4. The van der Waals surface area contributed by atoms with E-state index in [0.717, 1.165) is 29.4 Å². The number of fused-ring (bicyclic) bond motifs is 1. The first-order valence-corrected chi connectivity index (χ1v) is 7.06. The second-order valence-electron chi connectivity index (χ2n) is 5.61. The number of aryl methyl sites for hydroxylation is 1. The van der Waals surface area contributed by atoms with Gasteiger partial charge in [0.1, 0.15) is 0 Å². The number of rotatable bonds is 3. The lowest BCUT2D eigenvalue weighted by molar-refractivity contribution is 0.0689. The van der Waals surface area contributed by atoms with Crippen molar-refractivity contribution in [2.24, 2.45) is 7.05 Å². The van der Waals surface area contributed by atoms with Crippen LogP contribution in [0.4, 0.5) is 0 Å². The molecular weight excluding hydrogens is 284 g/mol. The quantitative estimate of drug-likeness (QED) is 0.770. The van der Waals surface area contributed by atoms with Crippen LogP contribution in [0, 0.1) is 0 Å². The lowest BCUT2D eigenvalue weighted by Crippen LogP contribution is -2.14. The fourth-order valence-corrected chi connectivity index (χ4v) is 2.83. The van der Waals surface area contributed by atoms with Crippen LogP contribution < -0.4 is 5.69 Å². The molecule has 0 radical (unpaired) electrons. The van der Waals surface area contributed by atoms with Crippen molar-refractivity contribution in [1.82, 2.24) is 19.3 Å². The van der Waals surface area contributed by atoms with Gasteiger partial charge in [0.25, 0.3) is 0 Å². The van der Waals surface area contributed by atoms with Crippen LogP contribution in [0.2, 0.25) is 0 Å². The highest BCUT2D eigenvalue weighted by Gasteiger charge is 2.27. The van der Waals surface area contributed by atoms with Crippen LogP contribution >= 0.6 is 0 Å². The van der Waals surface area contributed by atoms with E-state index >= 15 is 0 Å². The Balaban J connectivity index is 1.86. The van der Waals surface area contributed by atoms with Crippen LogP contribution in [-0.4, -0.2) is 30.4 Å². The highest BCUT2D eigenvalue weighted by Crippen LogP contribution is 2.36. The molecule has 1 aliphatic rings. The maximum absolute atomic E-state index is 12.0. The van der Waals surface area contributed by atoms with E-state index in [4.69, 9.17) is 5.11 Å². The Labute approximate surface area is 124 Å². The number of nitrogens with zero attached hydrogens (tertiary/aromatic N) is 3. The summed E-state index contributed by atoms with van der Waals surface area (Å²) in [7, 11) is 1.70. The number of carboxylic acid groups (broad SMARTS) is 1. The van der Waals surface area contributed by atoms with E-state index in [1.54, 1.807) is 11.6 Å². The molecule has 0 aliphatic heterocycles. The maximum Gasteiger partial charge on any atom is 0.356 e. The number of carboxylic acids is 1. The molecule has 3 aromatic rings. The molecule has 0 bridgehead atoms. The second-order valence-corrected chi connectivity index (χ2v) is 5.61. The third-order valence-electron chi connectivity index (χ3n) is 4.02. The average molecular weight is 298 g/mol. The van der Waals surface area contributed by atoms with Crippen molar-refractivity contribution < 1.29 is 9.90 Å². The van der Waals surface area contributed by atoms with Gasteiger partial charge in [-0.3, -0.25) is 9.25 Å². The fourth-order valence-electron chi connectivity index (χ4n) is 2.83. The van der Waals surface area contributed by atoms with Gasteiger partial charge in [0.05, 0.1) is 16.7 Å². The van der Waals surface area contributed by atoms with Gasteiger partial charge in [0, 0.05) is 18.7 Å². The molecule has 0 amide bonds. The van der Waals surface area contributed by atoms with E-state index in [2.05, 4.69) is 10.1 Å². The van der Waals surface area contributed by atoms with E-state index in [-0.39, 0.29) is 11.4 Å². The zero-order chi connectivity index (χ0) is 15.4. The summed E-state index contributed by atoms with van der Waals surface area (Å²) in [6.45, 7) is 0. The zero-order valence-corrected chi connectivity index (χ0v) is 11.9. The summed E-state index contributed by atoms with van der Waals surface area (Å²) >= 11 is 0. The molecule has 4 rings (SSSR count). The molecule has 2 aromatic heterocycles. The van der Waals surface area contributed by atoms with Crippen molar-refractivity contribution in [2.75, 3.05) is 0 Å². The number of H-pyrrole nitrogens is 1. The molecule has 7 heteroatoms. The van der Waals surface area contributed by atoms with Gasteiger partial charge >= 0.3 is 11.7 Å². The summed E-state index contributed by atoms with van der Waals surface area (Å²) in [5.41, 5.74) is 3.07. The third kappa shape index (κ3) is 1.86. The largest absolute Gasteiger partial charge is 0.476 e. The van der Waals surface area contributed by atoms with Gasteiger partial charge in [-0.05, 0) is 31.0 Å². The predicted octanol–water partition coefficient (Wildman–Crippen LogP) is 1.76. The van der Waals surface area contributed by atoms with Gasteiger partial charge in [-0.2, -0.15) is 5.10 Å². The second kappa shape index (κ2) is 4.33. The zero-order valence-electron chi connectivity index (χ0n) is 11.9. The van der Waals surface area contributed by atoms with Gasteiger partial charge in [-0.15, -0.1) is 0 Å². The Hall–Kier alpha value is -2.83. The highest BCUT2D eigenvalue weighted by molar-refractivity contribution is 5.88. The van der Waals surface area contributed by atoms with Crippen LogP contribution in [0.25, 0.3) is 22.3 Å². The lowest BCUT2D eigenvalue weighted by Gasteiger charge is -2.03. The summed E-state index contributed by atoms with van der Waals surface area (Å²) in [6.07, 6.45) is 2.08. The van der Waals surface area contributed by atoms with Gasteiger partial charge in [0.2, 0.25) is 0 Å². The molecule has 7 nitrogen and oxygen atoms in total. The SMILES string of the molecule is Cn1nc(C(=O)O)cc1-c1ccc2c(c1)[nH]c(=O)n2C1CC1. The molecule has 1 aliphatic carbocycles. The van der Waals surface area contributed by atoms with E-state index in [9.17, 15) is 9.59 Å². The smallest absolute Gasteiger partial charge is 0.356 e. The molecule has 1 saturated carbocycles. The van der Waals surface area contributed by atoms with E-state index < -0.39 is 5.97 Å². The summed E-state index contributed by atoms with van der Waals surface area (Å²) in [5.74, 6) is -1.06. The van der Waals surface area contributed by atoms with E-state index in [0.29, 0.717) is 11.7 Å². The number of hydrogen-bond acceptors (Lipinski definition) is 3. The maximum atomic E-state index is 12.0. The Morgan fingerprint density at radius 2 is 2.14 bits per heavy atom. The Morgan fingerprint density at radius 3 is 2.77 bits per heavy atom. The van der Waals surface area contributed by atoms with Crippen LogP contribution in [0.5, 0.6) is 0 Å². The van der Waals surface area contributed by atoms with Crippen molar-refractivity contribution in [1.29, 1.82) is 0 Å². The molecule has 22 heavy (non-hydrogen) atoms. The summed E-state index contributed by atoms with van der Waals surface area (Å²) in [5, 5.41) is 13.0. The molecule has 0 unspecified atom stereocenters. The molecule has 2 N–H and O–H groups in total. The predicted molar refractivity (Wildman–Crippen MR) is 80.0 cm³/mol. The van der Waals surface area contributed by atoms with Crippen LogP contribution in [0.1, 0.15) is 29.4 Å².